The molecule has 114 valence electrons. The molecular formula is C17H18ClN3S. The Morgan fingerprint density at radius 1 is 1.09 bits per heavy atom. The van der Waals surface area contributed by atoms with E-state index in [0.717, 1.165) is 24.1 Å². The average Bonchev–Trinajstić information content (AvgIpc) is 2.56. The summed E-state index contributed by atoms with van der Waals surface area (Å²) in [7, 11) is 0. The van der Waals surface area contributed by atoms with Crippen molar-refractivity contribution in [1.82, 2.24) is 5.43 Å². The van der Waals surface area contributed by atoms with Gasteiger partial charge in [-0.1, -0.05) is 48.5 Å². The number of hydrazone groups is 1. The second-order valence-corrected chi connectivity index (χ2v) is 5.63. The van der Waals surface area contributed by atoms with Crippen molar-refractivity contribution in [2.75, 3.05) is 5.32 Å². The van der Waals surface area contributed by atoms with Gasteiger partial charge in [0.25, 0.3) is 0 Å². The minimum Gasteiger partial charge on any atom is -0.331 e. The van der Waals surface area contributed by atoms with E-state index in [4.69, 9.17) is 23.8 Å². The molecule has 1 unspecified atom stereocenters. The van der Waals surface area contributed by atoms with Crippen LogP contribution in [-0.2, 0) is 0 Å². The second kappa shape index (κ2) is 9.18. The van der Waals surface area contributed by atoms with Gasteiger partial charge < -0.3 is 5.32 Å². The van der Waals surface area contributed by atoms with Crippen LogP contribution < -0.4 is 10.7 Å². The largest absolute Gasteiger partial charge is 0.331 e. The van der Waals surface area contributed by atoms with Gasteiger partial charge in [0.1, 0.15) is 0 Å². The van der Waals surface area contributed by atoms with E-state index in [1.54, 1.807) is 6.21 Å². The van der Waals surface area contributed by atoms with Crippen molar-refractivity contribution in [2.24, 2.45) is 5.10 Å². The molecule has 0 saturated heterocycles. The summed E-state index contributed by atoms with van der Waals surface area (Å²) in [5.74, 6) is 0. The Hall–Kier alpha value is -1.91. The Balaban J connectivity index is 1.67. The van der Waals surface area contributed by atoms with Crippen LogP contribution in [0.1, 0.15) is 23.8 Å². The number of hydrogen-bond donors (Lipinski definition) is 2. The third-order valence-electron chi connectivity index (χ3n) is 3.00. The minimum atomic E-state index is 0.00189. The zero-order valence-corrected chi connectivity index (χ0v) is 13.6. The van der Waals surface area contributed by atoms with E-state index < -0.39 is 0 Å². The lowest BCUT2D eigenvalue weighted by Gasteiger charge is -2.08. The smallest absolute Gasteiger partial charge is 0.191 e. The van der Waals surface area contributed by atoms with Gasteiger partial charge in [0.05, 0.1) is 5.38 Å². The number of rotatable bonds is 6. The van der Waals surface area contributed by atoms with E-state index in [2.05, 4.69) is 15.8 Å². The zero-order chi connectivity index (χ0) is 15.6. The molecule has 0 aliphatic heterocycles. The van der Waals surface area contributed by atoms with Crippen molar-refractivity contribution in [3.05, 3.63) is 66.2 Å². The summed E-state index contributed by atoms with van der Waals surface area (Å²) >= 11 is 11.5. The van der Waals surface area contributed by atoms with Gasteiger partial charge in [0.2, 0.25) is 0 Å². The first-order valence-electron chi connectivity index (χ1n) is 7.08. The maximum atomic E-state index is 6.33. The molecule has 22 heavy (non-hydrogen) atoms. The Kier molecular flexibility index (Phi) is 6.87. The van der Waals surface area contributed by atoms with Crippen LogP contribution in [0, 0.1) is 0 Å². The third-order valence-corrected chi connectivity index (χ3v) is 3.66. The molecule has 0 radical (unpaired) electrons. The summed E-state index contributed by atoms with van der Waals surface area (Å²) in [6.07, 6.45) is 3.40. The van der Waals surface area contributed by atoms with Gasteiger partial charge >= 0.3 is 0 Å². The number of nitrogens with zero attached hydrogens (tertiary/aromatic N) is 1. The van der Waals surface area contributed by atoms with Crippen molar-refractivity contribution in [3.8, 4) is 0 Å². The Bertz CT molecular complexity index is 602. The van der Waals surface area contributed by atoms with Crippen LogP contribution in [-0.4, -0.2) is 11.3 Å². The van der Waals surface area contributed by atoms with Gasteiger partial charge in [-0.15, -0.1) is 11.6 Å². The number of benzene rings is 2. The van der Waals surface area contributed by atoms with Crippen molar-refractivity contribution in [3.63, 3.8) is 0 Å². The quantitative estimate of drug-likeness (QED) is 0.348. The fourth-order valence-corrected chi connectivity index (χ4v) is 2.34. The van der Waals surface area contributed by atoms with Crippen LogP contribution in [0.15, 0.2) is 65.8 Å². The summed E-state index contributed by atoms with van der Waals surface area (Å²) in [4.78, 5) is 0. The van der Waals surface area contributed by atoms with Gasteiger partial charge in [-0.2, -0.15) is 5.10 Å². The predicted octanol–water partition coefficient (Wildman–Crippen LogP) is 4.72. The highest BCUT2D eigenvalue weighted by molar-refractivity contribution is 7.80. The SMILES string of the molecule is S=C(NN=CCCC(Cl)c1ccccc1)Nc1ccccc1. The molecule has 0 aromatic heterocycles. The molecule has 0 saturated carbocycles. The summed E-state index contributed by atoms with van der Waals surface area (Å²) in [6, 6.07) is 19.8. The molecule has 3 nitrogen and oxygen atoms in total. The van der Waals surface area contributed by atoms with Crippen molar-refractivity contribution in [2.45, 2.75) is 18.2 Å². The molecule has 0 heterocycles. The first-order valence-corrected chi connectivity index (χ1v) is 7.93. The average molecular weight is 332 g/mol. The number of halogens is 1. The number of hydrogen-bond acceptors (Lipinski definition) is 2. The van der Waals surface area contributed by atoms with Crippen molar-refractivity contribution >= 4 is 40.8 Å². The fourth-order valence-electron chi connectivity index (χ4n) is 1.90. The molecule has 0 bridgehead atoms. The molecule has 2 rings (SSSR count). The first-order chi connectivity index (χ1) is 10.8. The van der Waals surface area contributed by atoms with Crippen LogP contribution in [0.25, 0.3) is 0 Å². The number of anilines is 1. The van der Waals surface area contributed by atoms with Crippen molar-refractivity contribution < 1.29 is 0 Å². The van der Waals surface area contributed by atoms with E-state index in [1.165, 1.54) is 0 Å². The Labute approximate surface area is 141 Å². The number of alkyl halides is 1. The predicted molar refractivity (Wildman–Crippen MR) is 98.6 cm³/mol. The third kappa shape index (κ3) is 5.84. The molecule has 0 spiro atoms. The molecule has 1 atom stereocenters. The first kappa shape index (κ1) is 16.5. The Morgan fingerprint density at radius 3 is 2.41 bits per heavy atom. The van der Waals surface area contributed by atoms with E-state index in [1.807, 2.05) is 60.7 Å². The molecule has 0 amide bonds. The lowest BCUT2D eigenvalue weighted by Crippen LogP contribution is -2.23. The lowest BCUT2D eigenvalue weighted by molar-refractivity contribution is 0.836. The fraction of sp³-hybridized carbons (Fsp3) is 0.176. The van der Waals surface area contributed by atoms with Crippen LogP contribution in [0.4, 0.5) is 5.69 Å². The molecule has 0 fully saturated rings. The molecule has 2 N–H and O–H groups in total. The molecule has 2 aromatic rings. The van der Waals surface area contributed by atoms with E-state index in [9.17, 15) is 0 Å². The maximum absolute atomic E-state index is 6.33. The lowest BCUT2D eigenvalue weighted by atomic mass is 10.1. The van der Waals surface area contributed by atoms with Gasteiger partial charge in [0.15, 0.2) is 5.11 Å². The van der Waals surface area contributed by atoms with Gasteiger partial charge in [0, 0.05) is 11.9 Å². The molecule has 2 aromatic carbocycles. The van der Waals surface area contributed by atoms with Gasteiger partial charge in [-0.05, 0) is 42.8 Å². The summed E-state index contributed by atoms with van der Waals surface area (Å²) in [6.45, 7) is 0. The normalized spacial score (nSPS) is 12.0. The highest BCUT2D eigenvalue weighted by Gasteiger charge is 2.05. The highest BCUT2D eigenvalue weighted by atomic mass is 35.5. The second-order valence-electron chi connectivity index (χ2n) is 4.70. The van der Waals surface area contributed by atoms with Gasteiger partial charge in [-0.3, -0.25) is 5.43 Å². The monoisotopic (exact) mass is 331 g/mol. The molecule has 0 aliphatic carbocycles. The van der Waals surface area contributed by atoms with E-state index >= 15 is 0 Å². The van der Waals surface area contributed by atoms with E-state index in [0.29, 0.717) is 5.11 Å². The summed E-state index contributed by atoms with van der Waals surface area (Å²) < 4.78 is 0. The maximum Gasteiger partial charge on any atom is 0.191 e. The van der Waals surface area contributed by atoms with Crippen LogP contribution in [0.2, 0.25) is 0 Å². The highest BCUT2D eigenvalue weighted by Crippen LogP contribution is 2.24. The molecule has 5 heteroatoms. The number of thiocarbonyl (C=S) groups is 1. The van der Waals surface area contributed by atoms with Crippen LogP contribution >= 0.6 is 23.8 Å². The minimum absolute atomic E-state index is 0.00189. The number of para-hydroxylation sites is 1. The zero-order valence-electron chi connectivity index (χ0n) is 12.1. The standard InChI is InChI=1S/C17H18ClN3S/c18-16(14-8-3-1-4-9-14)12-7-13-19-21-17(22)20-15-10-5-2-6-11-15/h1-6,8-11,13,16H,7,12H2,(H2,20,21,22). The van der Waals surface area contributed by atoms with Crippen LogP contribution in [0.5, 0.6) is 0 Å². The summed E-state index contributed by atoms with van der Waals surface area (Å²) in [5, 5.41) is 7.61. The topological polar surface area (TPSA) is 36.4 Å². The molecule has 0 aliphatic rings. The van der Waals surface area contributed by atoms with Crippen molar-refractivity contribution in [1.29, 1.82) is 0 Å². The number of nitrogens with one attached hydrogen (secondary N) is 2. The molecular weight excluding hydrogens is 314 g/mol. The summed E-state index contributed by atoms with van der Waals surface area (Å²) in [5.41, 5.74) is 4.85. The van der Waals surface area contributed by atoms with E-state index in [-0.39, 0.29) is 5.38 Å². The van der Waals surface area contributed by atoms with Gasteiger partial charge in [-0.25, -0.2) is 0 Å². The van der Waals surface area contributed by atoms with Crippen LogP contribution in [0.3, 0.4) is 0 Å². The Morgan fingerprint density at radius 2 is 1.73 bits per heavy atom.